The van der Waals surface area contributed by atoms with E-state index in [0.29, 0.717) is 50.0 Å². The van der Waals surface area contributed by atoms with Gasteiger partial charge in [0.2, 0.25) is 0 Å². The summed E-state index contributed by atoms with van der Waals surface area (Å²) in [6, 6.07) is 5.33. The zero-order valence-electron chi connectivity index (χ0n) is 15.5. The Balaban J connectivity index is 1.67. The van der Waals surface area contributed by atoms with E-state index in [9.17, 15) is 9.59 Å². The number of esters is 1. The van der Waals surface area contributed by atoms with Crippen molar-refractivity contribution in [2.45, 2.75) is 33.1 Å². The molecule has 1 aromatic rings. The molecule has 1 fully saturated rings. The lowest BCUT2D eigenvalue weighted by Gasteiger charge is -2.24. The molecule has 1 amide bonds. The molecule has 0 saturated heterocycles. The number of carbonyl (C=O) groups is 2. The molecule has 1 aromatic carbocycles. The Morgan fingerprint density at radius 2 is 1.96 bits per heavy atom. The fraction of sp³-hybridized carbons (Fsp3) is 0.600. The zero-order chi connectivity index (χ0) is 18.5. The van der Waals surface area contributed by atoms with Gasteiger partial charge in [-0.2, -0.15) is 0 Å². The fourth-order valence-electron chi connectivity index (χ4n) is 3.25. The highest BCUT2D eigenvalue weighted by molar-refractivity contribution is 5.95. The van der Waals surface area contributed by atoms with Gasteiger partial charge in [-0.3, -0.25) is 9.59 Å². The van der Waals surface area contributed by atoms with Crippen molar-refractivity contribution in [1.82, 2.24) is 4.90 Å². The van der Waals surface area contributed by atoms with Crippen molar-refractivity contribution in [3.8, 4) is 11.5 Å². The van der Waals surface area contributed by atoms with Crippen molar-refractivity contribution in [3.63, 3.8) is 0 Å². The summed E-state index contributed by atoms with van der Waals surface area (Å²) in [5.41, 5.74) is 0.596. The molecule has 26 heavy (non-hydrogen) atoms. The van der Waals surface area contributed by atoms with E-state index in [2.05, 4.69) is 6.92 Å². The third-order valence-electron chi connectivity index (χ3n) is 4.82. The monoisotopic (exact) mass is 361 g/mol. The van der Waals surface area contributed by atoms with Gasteiger partial charge < -0.3 is 19.1 Å². The number of ether oxygens (including phenoxy) is 3. The lowest BCUT2D eigenvalue weighted by atomic mass is 10.1. The van der Waals surface area contributed by atoms with Crippen LogP contribution in [-0.2, 0) is 9.53 Å². The molecule has 1 heterocycles. The zero-order valence-corrected chi connectivity index (χ0v) is 15.5. The molecule has 6 nitrogen and oxygen atoms in total. The summed E-state index contributed by atoms with van der Waals surface area (Å²) < 4.78 is 16.2. The van der Waals surface area contributed by atoms with Gasteiger partial charge in [0, 0.05) is 18.7 Å². The molecule has 0 radical (unpaired) electrons. The Morgan fingerprint density at radius 3 is 2.69 bits per heavy atom. The maximum Gasteiger partial charge on any atom is 0.309 e. The molecule has 2 atom stereocenters. The largest absolute Gasteiger partial charge is 0.486 e. The Hall–Kier alpha value is -2.24. The predicted molar refractivity (Wildman–Crippen MR) is 96.5 cm³/mol. The summed E-state index contributed by atoms with van der Waals surface area (Å²) in [4.78, 5) is 26.7. The number of rotatable bonds is 8. The van der Waals surface area contributed by atoms with E-state index in [-0.39, 0.29) is 23.7 Å². The lowest BCUT2D eigenvalue weighted by molar-refractivity contribution is -0.145. The molecule has 142 valence electrons. The van der Waals surface area contributed by atoms with E-state index < -0.39 is 0 Å². The summed E-state index contributed by atoms with van der Waals surface area (Å²) in [6.45, 7) is 6.62. The molecule has 1 aliphatic heterocycles. The smallest absolute Gasteiger partial charge is 0.309 e. The van der Waals surface area contributed by atoms with Crippen molar-refractivity contribution >= 4 is 11.9 Å². The van der Waals surface area contributed by atoms with Crippen molar-refractivity contribution in [2.24, 2.45) is 11.8 Å². The number of hydrogen-bond acceptors (Lipinski definition) is 5. The summed E-state index contributed by atoms with van der Waals surface area (Å²) in [7, 11) is 0. The highest BCUT2D eigenvalue weighted by Gasteiger charge is 2.45. The molecule has 2 aliphatic rings. The van der Waals surface area contributed by atoms with Gasteiger partial charge in [0.05, 0.1) is 12.5 Å². The van der Waals surface area contributed by atoms with Gasteiger partial charge in [-0.1, -0.05) is 13.3 Å². The van der Waals surface area contributed by atoms with E-state index in [0.717, 1.165) is 19.3 Å². The van der Waals surface area contributed by atoms with Crippen molar-refractivity contribution in [2.75, 3.05) is 32.9 Å². The standard InChI is InChI=1S/C20H27NO5/c1-3-5-8-21(13-15-11-16(15)20(23)24-4-2)19(22)14-6-7-17-18(12-14)26-10-9-25-17/h6-7,12,15-16H,3-5,8-11,13H2,1-2H3/t15-,16-/m1/s1. The first-order valence-electron chi connectivity index (χ1n) is 9.49. The minimum absolute atomic E-state index is 0.0232. The molecule has 0 N–H and O–H groups in total. The molecular formula is C20H27NO5. The van der Waals surface area contributed by atoms with Gasteiger partial charge in [-0.05, 0) is 43.9 Å². The molecule has 3 rings (SSSR count). The van der Waals surface area contributed by atoms with Crippen LogP contribution in [0.4, 0.5) is 0 Å². The third kappa shape index (κ3) is 4.29. The maximum absolute atomic E-state index is 13.0. The highest BCUT2D eigenvalue weighted by atomic mass is 16.6. The Labute approximate surface area is 154 Å². The predicted octanol–water partition coefficient (Wildman–Crippen LogP) is 2.90. The van der Waals surface area contributed by atoms with Crippen LogP contribution in [0.2, 0.25) is 0 Å². The highest BCUT2D eigenvalue weighted by Crippen LogP contribution is 2.40. The summed E-state index contributed by atoms with van der Waals surface area (Å²) >= 11 is 0. The number of nitrogens with zero attached hydrogens (tertiary/aromatic N) is 1. The molecule has 6 heteroatoms. The van der Waals surface area contributed by atoms with Crippen LogP contribution in [0.15, 0.2) is 18.2 Å². The number of unbranched alkanes of at least 4 members (excludes halogenated alkanes) is 1. The van der Waals surface area contributed by atoms with Crippen molar-refractivity contribution < 1.29 is 23.8 Å². The van der Waals surface area contributed by atoms with Gasteiger partial charge in [0.15, 0.2) is 11.5 Å². The van der Waals surface area contributed by atoms with Crippen LogP contribution >= 0.6 is 0 Å². The van der Waals surface area contributed by atoms with Gasteiger partial charge in [-0.15, -0.1) is 0 Å². The number of benzene rings is 1. The van der Waals surface area contributed by atoms with E-state index in [1.807, 2.05) is 11.8 Å². The summed E-state index contributed by atoms with van der Waals surface area (Å²) in [5, 5.41) is 0. The first-order valence-corrected chi connectivity index (χ1v) is 9.49. The topological polar surface area (TPSA) is 65.1 Å². The average molecular weight is 361 g/mol. The van der Waals surface area contributed by atoms with Crippen LogP contribution in [0.25, 0.3) is 0 Å². The summed E-state index contributed by atoms with van der Waals surface area (Å²) in [6.07, 6.45) is 2.75. The second-order valence-corrected chi connectivity index (χ2v) is 6.82. The van der Waals surface area contributed by atoms with Gasteiger partial charge in [0.25, 0.3) is 5.91 Å². The van der Waals surface area contributed by atoms with Crippen molar-refractivity contribution in [3.05, 3.63) is 23.8 Å². The number of hydrogen-bond donors (Lipinski definition) is 0. The average Bonchev–Trinajstić information content (AvgIpc) is 3.43. The Morgan fingerprint density at radius 1 is 1.19 bits per heavy atom. The minimum atomic E-state index is -0.139. The summed E-state index contributed by atoms with van der Waals surface area (Å²) in [5.74, 6) is 1.27. The molecule has 0 aromatic heterocycles. The van der Waals surface area contributed by atoms with Crippen LogP contribution in [0.3, 0.4) is 0 Å². The van der Waals surface area contributed by atoms with Crippen LogP contribution in [-0.4, -0.2) is 49.7 Å². The quantitative estimate of drug-likeness (QED) is 0.666. The number of fused-ring (bicyclic) bond motifs is 1. The van der Waals surface area contributed by atoms with E-state index in [1.54, 1.807) is 18.2 Å². The molecule has 1 saturated carbocycles. The van der Waals surface area contributed by atoms with Crippen LogP contribution in [0.1, 0.15) is 43.5 Å². The van der Waals surface area contributed by atoms with Crippen LogP contribution in [0, 0.1) is 11.8 Å². The normalized spacial score (nSPS) is 20.4. The first kappa shape index (κ1) is 18.5. The van der Waals surface area contributed by atoms with E-state index >= 15 is 0 Å². The van der Waals surface area contributed by atoms with Gasteiger partial charge in [0.1, 0.15) is 13.2 Å². The molecule has 0 unspecified atom stereocenters. The van der Waals surface area contributed by atoms with Crippen LogP contribution in [0.5, 0.6) is 11.5 Å². The molecule has 1 aliphatic carbocycles. The van der Waals surface area contributed by atoms with E-state index in [4.69, 9.17) is 14.2 Å². The third-order valence-corrected chi connectivity index (χ3v) is 4.82. The van der Waals surface area contributed by atoms with Gasteiger partial charge in [-0.25, -0.2) is 0 Å². The maximum atomic E-state index is 13.0. The minimum Gasteiger partial charge on any atom is -0.486 e. The lowest BCUT2D eigenvalue weighted by Crippen LogP contribution is -2.34. The first-order chi connectivity index (χ1) is 12.6. The second-order valence-electron chi connectivity index (χ2n) is 6.82. The SMILES string of the molecule is CCCCN(C[C@H]1C[C@H]1C(=O)OCC)C(=O)c1ccc2c(c1)OCCO2. The molecule has 0 bridgehead atoms. The Bertz CT molecular complexity index is 660. The number of carbonyl (C=O) groups excluding carboxylic acids is 2. The van der Waals surface area contributed by atoms with Crippen molar-refractivity contribution in [1.29, 1.82) is 0 Å². The van der Waals surface area contributed by atoms with E-state index in [1.165, 1.54) is 0 Å². The van der Waals surface area contributed by atoms with Gasteiger partial charge >= 0.3 is 5.97 Å². The molecular weight excluding hydrogens is 334 g/mol. The second kappa shape index (κ2) is 8.43. The van der Waals surface area contributed by atoms with Crippen LogP contribution < -0.4 is 9.47 Å². The Kier molecular flexibility index (Phi) is 6.01. The molecule has 0 spiro atoms. The number of amides is 1. The fourth-order valence-corrected chi connectivity index (χ4v) is 3.25.